The Hall–Kier alpha value is -1.94. The van der Waals surface area contributed by atoms with Gasteiger partial charge in [0.25, 0.3) is 10.0 Å². The Kier molecular flexibility index (Phi) is 6.15. The van der Waals surface area contributed by atoms with Gasteiger partial charge in [0.1, 0.15) is 4.21 Å². The molecule has 1 atom stereocenters. The van der Waals surface area contributed by atoms with Gasteiger partial charge in [-0.15, -0.1) is 11.3 Å². The smallest absolute Gasteiger partial charge is 0.313 e. The van der Waals surface area contributed by atoms with Crippen LogP contribution in [-0.4, -0.2) is 43.7 Å². The molecular formula is C17H18ClN3O4S2. The van der Waals surface area contributed by atoms with Crippen LogP contribution >= 0.6 is 22.9 Å². The molecule has 1 aromatic heterocycles. The predicted octanol–water partition coefficient (Wildman–Crippen LogP) is 2.31. The van der Waals surface area contributed by atoms with E-state index < -0.39 is 21.8 Å². The van der Waals surface area contributed by atoms with Gasteiger partial charge in [0.2, 0.25) is 0 Å². The number of carbonyl (C=O) groups excluding carboxylic acids is 2. The number of hydrogen-bond acceptors (Lipinski definition) is 5. The molecule has 2 aromatic rings. The van der Waals surface area contributed by atoms with Gasteiger partial charge < -0.3 is 10.6 Å². The number of anilines is 1. The highest BCUT2D eigenvalue weighted by Crippen LogP contribution is 2.28. The standard InChI is InChI=1S/C17H18ClN3O4S2/c18-12-5-7-13(8-6-12)20-17(23)16(22)19-11-14-3-1-9-21(14)27(24,25)15-4-2-10-26-15/h2,4-8,10,14H,1,3,9,11H2,(H,19,22)(H,20,23)/t14-/m0/s1. The molecule has 0 aliphatic carbocycles. The molecule has 1 aliphatic rings. The Balaban J connectivity index is 1.57. The number of carbonyl (C=O) groups is 2. The summed E-state index contributed by atoms with van der Waals surface area (Å²) >= 11 is 6.94. The molecule has 10 heteroatoms. The quantitative estimate of drug-likeness (QED) is 0.716. The molecule has 27 heavy (non-hydrogen) atoms. The summed E-state index contributed by atoms with van der Waals surface area (Å²) < 4.78 is 27.1. The third-order valence-electron chi connectivity index (χ3n) is 4.19. The van der Waals surface area contributed by atoms with Crippen molar-refractivity contribution in [3.05, 3.63) is 46.8 Å². The maximum absolute atomic E-state index is 12.7. The van der Waals surface area contributed by atoms with Crippen LogP contribution in [0.1, 0.15) is 12.8 Å². The van der Waals surface area contributed by atoms with Gasteiger partial charge >= 0.3 is 11.8 Å². The van der Waals surface area contributed by atoms with Crippen LogP contribution in [0.5, 0.6) is 0 Å². The van der Waals surface area contributed by atoms with E-state index in [9.17, 15) is 18.0 Å². The Morgan fingerprint density at radius 1 is 1.19 bits per heavy atom. The van der Waals surface area contributed by atoms with Crippen LogP contribution in [0.15, 0.2) is 46.0 Å². The van der Waals surface area contributed by atoms with Gasteiger partial charge in [-0.2, -0.15) is 4.31 Å². The second-order valence-electron chi connectivity index (χ2n) is 6.01. The summed E-state index contributed by atoms with van der Waals surface area (Å²) in [6, 6.07) is 9.24. The SMILES string of the molecule is O=C(NC[C@@H]1CCCN1S(=O)(=O)c1cccs1)C(=O)Nc1ccc(Cl)cc1. The zero-order chi connectivity index (χ0) is 19.4. The number of nitrogens with zero attached hydrogens (tertiary/aromatic N) is 1. The Labute approximate surface area is 166 Å². The maximum atomic E-state index is 12.7. The first kappa shape index (κ1) is 19.8. The van der Waals surface area contributed by atoms with Gasteiger partial charge in [0.05, 0.1) is 0 Å². The molecular weight excluding hydrogens is 410 g/mol. The molecule has 2 N–H and O–H groups in total. The molecule has 2 amide bonds. The minimum absolute atomic E-state index is 0.0808. The molecule has 0 saturated carbocycles. The Morgan fingerprint density at radius 2 is 1.93 bits per heavy atom. The largest absolute Gasteiger partial charge is 0.346 e. The fourth-order valence-electron chi connectivity index (χ4n) is 2.87. The summed E-state index contributed by atoms with van der Waals surface area (Å²) in [5, 5.41) is 7.22. The molecule has 3 rings (SSSR count). The first-order chi connectivity index (χ1) is 12.9. The Bertz CT molecular complexity index is 914. The second kappa shape index (κ2) is 8.39. The predicted molar refractivity (Wildman–Crippen MR) is 104 cm³/mol. The molecule has 0 bridgehead atoms. The highest BCUT2D eigenvalue weighted by molar-refractivity contribution is 7.91. The fourth-order valence-corrected chi connectivity index (χ4v) is 5.81. The van der Waals surface area contributed by atoms with E-state index in [2.05, 4.69) is 10.6 Å². The Morgan fingerprint density at radius 3 is 2.59 bits per heavy atom. The van der Waals surface area contributed by atoms with Crippen molar-refractivity contribution in [1.82, 2.24) is 9.62 Å². The summed E-state index contributed by atoms with van der Waals surface area (Å²) in [5.41, 5.74) is 0.447. The van der Waals surface area contributed by atoms with E-state index in [4.69, 9.17) is 11.6 Å². The van der Waals surface area contributed by atoms with Crippen LogP contribution in [0.2, 0.25) is 5.02 Å². The van der Waals surface area contributed by atoms with Gasteiger partial charge in [0.15, 0.2) is 0 Å². The third-order valence-corrected chi connectivity index (χ3v) is 7.76. The zero-order valence-electron chi connectivity index (χ0n) is 14.2. The highest BCUT2D eigenvalue weighted by atomic mass is 35.5. The zero-order valence-corrected chi connectivity index (χ0v) is 16.6. The van der Waals surface area contributed by atoms with E-state index in [0.29, 0.717) is 30.1 Å². The lowest BCUT2D eigenvalue weighted by molar-refractivity contribution is -0.136. The van der Waals surface area contributed by atoms with Crippen molar-refractivity contribution >= 4 is 50.5 Å². The number of amides is 2. The van der Waals surface area contributed by atoms with E-state index in [1.165, 1.54) is 4.31 Å². The average molecular weight is 428 g/mol. The normalized spacial score (nSPS) is 17.6. The molecule has 1 fully saturated rings. The molecule has 0 unspecified atom stereocenters. The van der Waals surface area contributed by atoms with E-state index >= 15 is 0 Å². The van der Waals surface area contributed by atoms with E-state index in [1.807, 2.05) is 0 Å². The number of thiophene rings is 1. The lowest BCUT2D eigenvalue weighted by atomic mass is 10.2. The minimum atomic E-state index is -3.58. The van der Waals surface area contributed by atoms with Crippen LogP contribution in [0.4, 0.5) is 5.69 Å². The van der Waals surface area contributed by atoms with E-state index in [-0.39, 0.29) is 16.8 Å². The van der Waals surface area contributed by atoms with Gasteiger partial charge in [-0.25, -0.2) is 8.42 Å². The lowest BCUT2D eigenvalue weighted by Crippen LogP contribution is -2.45. The number of benzene rings is 1. The van der Waals surface area contributed by atoms with Crippen LogP contribution in [-0.2, 0) is 19.6 Å². The van der Waals surface area contributed by atoms with E-state index in [0.717, 1.165) is 11.3 Å². The molecule has 0 radical (unpaired) electrons. The number of nitrogens with one attached hydrogen (secondary N) is 2. The maximum Gasteiger partial charge on any atom is 0.313 e. The molecule has 0 spiro atoms. The summed E-state index contributed by atoms with van der Waals surface area (Å²) in [5.74, 6) is -1.63. The number of halogens is 1. The average Bonchev–Trinajstić information content (AvgIpc) is 3.33. The molecule has 144 valence electrons. The minimum Gasteiger partial charge on any atom is -0.346 e. The van der Waals surface area contributed by atoms with Gasteiger partial charge in [-0.1, -0.05) is 17.7 Å². The topological polar surface area (TPSA) is 95.6 Å². The first-order valence-electron chi connectivity index (χ1n) is 8.28. The molecule has 1 aliphatic heterocycles. The monoisotopic (exact) mass is 427 g/mol. The van der Waals surface area contributed by atoms with Gasteiger partial charge in [0, 0.05) is 29.8 Å². The fraction of sp³-hybridized carbons (Fsp3) is 0.294. The second-order valence-corrected chi connectivity index (χ2v) is 9.52. The van der Waals surface area contributed by atoms with Crippen molar-refractivity contribution < 1.29 is 18.0 Å². The van der Waals surface area contributed by atoms with Crippen LogP contribution < -0.4 is 10.6 Å². The van der Waals surface area contributed by atoms with Crippen LogP contribution in [0.25, 0.3) is 0 Å². The molecule has 7 nitrogen and oxygen atoms in total. The number of hydrogen-bond donors (Lipinski definition) is 2. The summed E-state index contributed by atoms with van der Waals surface area (Å²) in [6.07, 6.45) is 1.34. The summed E-state index contributed by atoms with van der Waals surface area (Å²) in [4.78, 5) is 24.0. The molecule has 1 aromatic carbocycles. The number of sulfonamides is 1. The van der Waals surface area contributed by atoms with Crippen LogP contribution in [0, 0.1) is 0 Å². The van der Waals surface area contributed by atoms with Crippen molar-refractivity contribution in [3.8, 4) is 0 Å². The molecule has 1 saturated heterocycles. The van der Waals surface area contributed by atoms with Crippen molar-refractivity contribution in [2.75, 3.05) is 18.4 Å². The summed E-state index contributed by atoms with van der Waals surface area (Å²) in [6.45, 7) is 0.481. The lowest BCUT2D eigenvalue weighted by Gasteiger charge is -2.23. The van der Waals surface area contributed by atoms with Crippen LogP contribution in [0.3, 0.4) is 0 Å². The van der Waals surface area contributed by atoms with Crippen molar-refractivity contribution in [2.24, 2.45) is 0 Å². The van der Waals surface area contributed by atoms with Crippen molar-refractivity contribution in [3.63, 3.8) is 0 Å². The van der Waals surface area contributed by atoms with Gasteiger partial charge in [-0.05, 0) is 48.6 Å². The third kappa shape index (κ3) is 4.67. The van der Waals surface area contributed by atoms with Crippen molar-refractivity contribution in [1.29, 1.82) is 0 Å². The van der Waals surface area contributed by atoms with E-state index in [1.54, 1.807) is 41.8 Å². The summed E-state index contributed by atoms with van der Waals surface area (Å²) in [7, 11) is -3.58. The van der Waals surface area contributed by atoms with Crippen molar-refractivity contribution in [2.45, 2.75) is 23.1 Å². The van der Waals surface area contributed by atoms with Gasteiger partial charge in [-0.3, -0.25) is 9.59 Å². The first-order valence-corrected chi connectivity index (χ1v) is 11.0. The number of rotatable bonds is 5. The highest BCUT2D eigenvalue weighted by Gasteiger charge is 2.36. The molecule has 2 heterocycles.